The van der Waals surface area contributed by atoms with Crippen LogP contribution in [0.1, 0.15) is 6.92 Å². The summed E-state index contributed by atoms with van der Waals surface area (Å²) in [7, 11) is -3.82. The summed E-state index contributed by atoms with van der Waals surface area (Å²) in [6.07, 6.45) is 1.28. The zero-order valence-corrected chi connectivity index (χ0v) is 9.86. The van der Waals surface area contributed by atoms with Crippen molar-refractivity contribution in [1.29, 1.82) is 0 Å². The number of carbonyl (C=O) groups excluding carboxylic acids is 1. The number of nitrogen functional groups attached to an aromatic ring is 1. The van der Waals surface area contributed by atoms with Crippen molar-refractivity contribution in [2.75, 3.05) is 5.43 Å². The number of hydrazine groups is 1. The third-order valence-electron chi connectivity index (χ3n) is 1.95. The highest BCUT2D eigenvalue weighted by molar-refractivity contribution is 7.89. The first-order valence-electron chi connectivity index (χ1n) is 4.61. The lowest BCUT2D eigenvalue weighted by Crippen LogP contribution is -2.42. The first kappa shape index (κ1) is 13.4. The van der Waals surface area contributed by atoms with Gasteiger partial charge in [0.05, 0.1) is 10.9 Å². The lowest BCUT2D eigenvalue weighted by molar-refractivity contribution is -0.119. The van der Waals surface area contributed by atoms with E-state index in [4.69, 9.17) is 11.6 Å². The fourth-order valence-electron chi connectivity index (χ4n) is 1.02. The van der Waals surface area contributed by atoms with Gasteiger partial charge in [0.25, 0.3) is 0 Å². The molecule has 94 valence electrons. The van der Waals surface area contributed by atoms with Crippen LogP contribution in [0, 0.1) is 0 Å². The Hall–Kier alpha value is -1.71. The molecule has 6 N–H and O–H groups in total. The van der Waals surface area contributed by atoms with E-state index in [1.54, 1.807) is 0 Å². The molecule has 0 bridgehead atoms. The van der Waals surface area contributed by atoms with E-state index in [9.17, 15) is 13.2 Å². The van der Waals surface area contributed by atoms with Gasteiger partial charge in [-0.2, -0.15) is 4.72 Å². The van der Waals surface area contributed by atoms with Gasteiger partial charge in [-0.05, 0) is 13.0 Å². The number of aromatic nitrogens is 1. The van der Waals surface area contributed by atoms with Gasteiger partial charge in [0, 0.05) is 12.3 Å². The fraction of sp³-hybridized carbons (Fsp3) is 0.250. The number of nitrogens with one attached hydrogen (secondary N) is 2. The van der Waals surface area contributed by atoms with Gasteiger partial charge in [-0.1, -0.05) is 0 Å². The molecule has 0 saturated carbocycles. The molecule has 0 fully saturated rings. The molecule has 0 aliphatic carbocycles. The first-order chi connectivity index (χ1) is 7.86. The molecule has 0 aliphatic heterocycles. The van der Waals surface area contributed by atoms with Gasteiger partial charge in [0.1, 0.15) is 5.82 Å². The molecule has 1 aromatic heterocycles. The van der Waals surface area contributed by atoms with E-state index in [0.717, 1.165) is 0 Å². The van der Waals surface area contributed by atoms with Crippen LogP contribution in [0.15, 0.2) is 23.2 Å². The Balaban J connectivity index is 3.01. The van der Waals surface area contributed by atoms with Gasteiger partial charge < -0.3 is 11.2 Å². The summed E-state index contributed by atoms with van der Waals surface area (Å²) in [5, 5.41) is 0. The molecule has 17 heavy (non-hydrogen) atoms. The number of carbonyl (C=O) groups is 1. The third-order valence-corrected chi connectivity index (χ3v) is 3.49. The number of hydrogen-bond donors (Lipinski definition) is 4. The molecule has 1 aromatic rings. The molecule has 1 unspecified atom stereocenters. The molecule has 0 radical (unpaired) electrons. The average Bonchev–Trinajstić information content (AvgIpc) is 2.28. The Bertz CT molecular complexity index is 516. The second kappa shape index (κ2) is 5.08. The highest BCUT2D eigenvalue weighted by Crippen LogP contribution is 2.12. The number of rotatable bonds is 5. The van der Waals surface area contributed by atoms with Crippen molar-refractivity contribution in [2.24, 2.45) is 11.6 Å². The number of primary amides is 1. The van der Waals surface area contributed by atoms with E-state index in [-0.39, 0.29) is 10.7 Å². The Morgan fingerprint density at radius 1 is 1.53 bits per heavy atom. The number of sulfonamides is 1. The number of nitrogens with two attached hydrogens (primary N) is 2. The zero-order valence-electron chi connectivity index (χ0n) is 9.04. The average molecular weight is 259 g/mol. The predicted molar refractivity (Wildman–Crippen MR) is 61.0 cm³/mol. The van der Waals surface area contributed by atoms with Crippen LogP contribution in [0.5, 0.6) is 0 Å². The molecular weight excluding hydrogens is 246 g/mol. The molecule has 9 heteroatoms. The van der Waals surface area contributed by atoms with Crippen LogP contribution in [0.4, 0.5) is 5.82 Å². The van der Waals surface area contributed by atoms with Crippen LogP contribution in [-0.2, 0) is 14.8 Å². The summed E-state index contributed by atoms with van der Waals surface area (Å²) in [4.78, 5) is 14.5. The van der Waals surface area contributed by atoms with Gasteiger partial charge in [-0.15, -0.1) is 0 Å². The van der Waals surface area contributed by atoms with Crippen LogP contribution < -0.4 is 21.7 Å². The summed E-state index contributed by atoms with van der Waals surface area (Å²) in [6.45, 7) is 1.35. The Morgan fingerprint density at radius 2 is 2.18 bits per heavy atom. The van der Waals surface area contributed by atoms with E-state index < -0.39 is 22.0 Å². The summed E-state index contributed by atoms with van der Waals surface area (Å²) in [6, 6.07) is 1.51. The molecule has 1 amide bonds. The van der Waals surface area contributed by atoms with E-state index in [2.05, 4.69) is 15.1 Å². The summed E-state index contributed by atoms with van der Waals surface area (Å²) in [5.41, 5.74) is 7.19. The quantitative estimate of drug-likeness (QED) is 0.375. The molecule has 0 aromatic carbocycles. The highest BCUT2D eigenvalue weighted by atomic mass is 32.2. The Labute approximate surface area is 98.4 Å². The van der Waals surface area contributed by atoms with Gasteiger partial charge in [-0.3, -0.25) is 4.79 Å². The van der Waals surface area contributed by atoms with Gasteiger partial charge in [0.15, 0.2) is 0 Å². The van der Waals surface area contributed by atoms with Crippen molar-refractivity contribution >= 4 is 21.7 Å². The van der Waals surface area contributed by atoms with Crippen molar-refractivity contribution in [3.63, 3.8) is 0 Å². The number of anilines is 1. The van der Waals surface area contributed by atoms with Crippen LogP contribution in [0.3, 0.4) is 0 Å². The molecule has 0 spiro atoms. The van der Waals surface area contributed by atoms with E-state index in [1.807, 2.05) is 0 Å². The van der Waals surface area contributed by atoms with E-state index in [0.29, 0.717) is 0 Å². The minimum Gasteiger partial charge on any atom is -0.368 e. The smallest absolute Gasteiger partial charge is 0.241 e. The van der Waals surface area contributed by atoms with Gasteiger partial charge in [0.2, 0.25) is 15.9 Å². The first-order valence-corrected chi connectivity index (χ1v) is 6.09. The Morgan fingerprint density at radius 3 is 2.71 bits per heavy atom. The maximum absolute atomic E-state index is 11.8. The second-order valence-corrected chi connectivity index (χ2v) is 4.98. The summed E-state index contributed by atoms with van der Waals surface area (Å²) >= 11 is 0. The summed E-state index contributed by atoms with van der Waals surface area (Å²) < 4.78 is 25.7. The van der Waals surface area contributed by atoms with Crippen LogP contribution in [0.25, 0.3) is 0 Å². The zero-order chi connectivity index (χ0) is 13.1. The third kappa shape index (κ3) is 3.37. The lowest BCUT2D eigenvalue weighted by Gasteiger charge is -2.11. The van der Waals surface area contributed by atoms with E-state index in [1.165, 1.54) is 25.3 Å². The van der Waals surface area contributed by atoms with Crippen LogP contribution in [-0.4, -0.2) is 25.4 Å². The molecule has 1 rings (SSSR count). The maximum Gasteiger partial charge on any atom is 0.241 e. The minimum atomic E-state index is -3.82. The fourth-order valence-corrected chi connectivity index (χ4v) is 2.24. The largest absolute Gasteiger partial charge is 0.368 e. The normalized spacial score (nSPS) is 13.1. The number of nitrogens with zero attached hydrogens (tertiary/aromatic N) is 1. The van der Waals surface area contributed by atoms with Gasteiger partial charge in [-0.25, -0.2) is 19.2 Å². The van der Waals surface area contributed by atoms with Crippen molar-refractivity contribution in [3.05, 3.63) is 18.3 Å². The van der Waals surface area contributed by atoms with Crippen molar-refractivity contribution in [1.82, 2.24) is 9.71 Å². The molecule has 0 aliphatic rings. The van der Waals surface area contributed by atoms with Crippen molar-refractivity contribution in [2.45, 2.75) is 17.9 Å². The lowest BCUT2D eigenvalue weighted by atomic mass is 10.4. The monoisotopic (exact) mass is 259 g/mol. The summed E-state index contributed by atoms with van der Waals surface area (Å²) in [5.74, 6) is 4.54. The number of hydrogen-bond acceptors (Lipinski definition) is 6. The highest BCUT2D eigenvalue weighted by Gasteiger charge is 2.20. The van der Waals surface area contributed by atoms with Gasteiger partial charge >= 0.3 is 0 Å². The van der Waals surface area contributed by atoms with E-state index >= 15 is 0 Å². The topological polar surface area (TPSA) is 140 Å². The molecule has 0 saturated heterocycles. The minimum absolute atomic E-state index is 0.0615. The number of amides is 1. The predicted octanol–water partition coefficient (Wildman–Crippen LogP) is -1.48. The van der Waals surface area contributed by atoms with Crippen LogP contribution >= 0.6 is 0 Å². The molecule has 1 heterocycles. The Kier molecular flexibility index (Phi) is 3.99. The van der Waals surface area contributed by atoms with Crippen molar-refractivity contribution in [3.8, 4) is 0 Å². The second-order valence-electron chi connectivity index (χ2n) is 3.27. The molecule has 1 atom stereocenters. The van der Waals surface area contributed by atoms with Crippen molar-refractivity contribution < 1.29 is 13.2 Å². The standard InChI is InChI=1S/C8H13N5O3S/c1-5(8(9)14)13-17(15,16)6-2-3-11-7(4-6)12-10/h2-5,13H,10H2,1H3,(H2,9,14)(H,11,12). The number of pyridine rings is 1. The SMILES string of the molecule is CC(NS(=O)(=O)c1ccnc(NN)c1)C(N)=O. The molecule has 8 nitrogen and oxygen atoms in total. The molecular formula is C8H13N5O3S. The maximum atomic E-state index is 11.8. The van der Waals surface area contributed by atoms with Crippen LogP contribution in [0.2, 0.25) is 0 Å².